The van der Waals surface area contributed by atoms with Crippen LogP contribution in [0.4, 0.5) is 5.69 Å². The zero-order valence-electron chi connectivity index (χ0n) is 7.37. The van der Waals surface area contributed by atoms with Crippen LogP contribution >= 0.6 is 0 Å². The van der Waals surface area contributed by atoms with Crippen molar-refractivity contribution in [2.75, 3.05) is 12.4 Å². The Morgan fingerprint density at radius 1 is 1.42 bits per heavy atom. The minimum Gasteiger partial charge on any atom is -0.495 e. The SMILES string of the molecule is COc1ccccc1NC(C)N. The van der Waals surface area contributed by atoms with Crippen LogP contribution in [0.3, 0.4) is 0 Å². The largest absolute Gasteiger partial charge is 0.495 e. The van der Waals surface area contributed by atoms with Crippen molar-refractivity contribution in [3.05, 3.63) is 24.3 Å². The van der Waals surface area contributed by atoms with Gasteiger partial charge >= 0.3 is 0 Å². The monoisotopic (exact) mass is 166 g/mol. The molecule has 0 spiro atoms. The Balaban J connectivity index is 2.82. The third kappa shape index (κ3) is 2.13. The first kappa shape index (κ1) is 8.87. The maximum absolute atomic E-state index is 5.58. The Labute approximate surface area is 72.5 Å². The van der Waals surface area contributed by atoms with Crippen LogP contribution in [0.15, 0.2) is 24.3 Å². The van der Waals surface area contributed by atoms with Gasteiger partial charge in [-0.05, 0) is 19.1 Å². The van der Waals surface area contributed by atoms with Gasteiger partial charge in [0.05, 0.1) is 19.0 Å². The highest BCUT2D eigenvalue weighted by Gasteiger charge is 2.00. The van der Waals surface area contributed by atoms with Crippen molar-refractivity contribution < 1.29 is 4.74 Å². The lowest BCUT2D eigenvalue weighted by Crippen LogP contribution is -2.25. The van der Waals surface area contributed by atoms with E-state index >= 15 is 0 Å². The summed E-state index contributed by atoms with van der Waals surface area (Å²) >= 11 is 0. The molecule has 3 N–H and O–H groups in total. The summed E-state index contributed by atoms with van der Waals surface area (Å²) in [4.78, 5) is 0. The lowest BCUT2D eigenvalue weighted by atomic mass is 10.3. The van der Waals surface area contributed by atoms with E-state index in [2.05, 4.69) is 5.32 Å². The van der Waals surface area contributed by atoms with E-state index in [0.717, 1.165) is 11.4 Å². The van der Waals surface area contributed by atoms with Crippen LogP contribution in [-0.4, -0.2) is 13.3 Å². The molecule has 0 aliphatic rings. The fraction of sp³-hybridized carbons (Fsp3) is 0.333. The summed E-state index contributed by atoms with van der Waals surface area (Å²) in [5.74, 6) is 0.815. The molecule has 0 bridgehead atoms. The Morgan fingerprint density at radius 2 is 2.08 bits per heavy atom. The Bertz CT molecular complexity index is 248. The van der Waals surface area contributed by atoms with E-state index in [4.69, 9.17) is 10.5 Å². The number of nitrogens with two attached hydrogens (primary N) is 1. The molecule has 0 heterocycles. The van der Waals surface area contributed by atoms with Crippen LogP contribution in [0.2, 0.25) is 0 Å². The van der Waals surface area contributed by atoms with E-state index in [1.165, 1.54) is 0 Å². The third-order valence-corrected chi connectivity index (χ3v) is 1.49. The molecule has 3 nitrogen and oxygen atoms in total. The number of hydrogen-bond acceptors (Lipinski definition) is 3. The maximum Gasteiger partial charge on any atom is 0.141 e. The fourth-order valence-corrected chi connectivity index (χ4v) is 1.01. The number of rotatable bonds is 3. The number of hydrogen-bond donors (Lipinski definition) is 2. The second-order valence-corrected chi connectivity index (χ2v) is 2.63. The van der Waals surface area contributed by atoms with Gasteiger partial charge in [0.2, 0.25) is 0 Å². The van der Waals surface area contributed by atoms with Gasteiger partial charge in [0.1, 0.15) is 5.75 Å². The molecule has 0 radical (unpaired) electrons. The van der Waals surface area contributed by atoms with Gasteiger partial charge in [-0.15, -0.1) is 0 Å². The number of nitrogens with one attached hydrogen (secondary N) is 1. The van der Waals surface area contributed by atoms with Crippen LogP contribution < -0.4 is 15.8 Å². The van der Waals surface area contributed by atoms with Crippen LogP contribution in [0.1, 0.15) is 6.92 Å². The molecule has 0 saturated heterocycles. The predicted molar refractivity (Wildman–Crippen MR) is 50.3 cm³/mol. The van der Waals surface area contributed by atoms with E-state index in [1.54, 1.807) is 7.11 Å². The maximum atomic E-state index is 5.58. The van der Waals surface area contributed by atoms with E-state index in [1.807, 2.05) is 31.2 Å². The summed E-state index contributed by atoms with van der Waals surface area (Å²) in [7, 11) is 1.64. The summed E-state index contributed by atoms with van der Waals surface area (Å²) in [6, 6.07) is 7.69. The van der Waals surface area contributed by atoms with Gasteiger partial charge in [-0.1, -0.05) is 12.1 Å². The molecule has 0 amide bonds. The quantitative estimate of drug-likeness (QED) is 0.667. The first-order valence-corrected chi connectivity index (χ1v) is 3.89. The van der Waals surface area contributed by atoms with Crippen molar-refractivity contribution >= 4 is 5.69 Å². The van der Waals surface area contributed by atoms with Gasteiger partial charge in [-0.25, -0.2) is 0 Å². The lowest BCUT2D eigenvalue weighted by molar-refractivity contribution is 0.416. The zero-order chi connectivity index (χ0) is 8.97. The standard InChI is InChI=1S/C9H14N2O/c1-7(10)11-8-5-3-4-6-9(8)12-2/h3-7,11H,10H2,1-2H3. The van der Waals surface area contributed by atoms with Crippen molar-refractivity contribution in [2.24, 2.45) is 5.73 Å². The van der Waals surface area contributed by atoms with Crippen molar-refractivity contribution in [1.29, 1.82) is 0 Å². The molecule has 0 fully saturated rings. The molecule has 12 heavy (non-hydrogen) atoms. The minimum atomic E-state index is -0.0682. The summed E-state index contributed by atoms with van der Waals surface area (Å²) in [6.07, 6.45) is -0.0682. The van der Waals surface area contributed by atoms with Gasteiger partial charge < -0.3 is 15.8 Å². The van der Waals surface area contributed by atoms with Gasteiger partial charge in [-0.2, -0.15) is 0 Å². The topological polar surface area (TPSA) is 47.3 Å². The van der Waals surface area contributed by atoms with Gasteiger partial charge in [0, 0.05) is 0 Å². The molecule has 66 valence electrons. The van der Waals surface area contributed by atoms with E-state index < -0.39 is 0 Å². The first-order valence-electron chi connectivity index (χ1n) is 3.89. The molecular formula is C9H14N2O. The predicted octanol–water partition coefficient (Wildman–Crippen LogP) is 1.41. The fourth-order valence-electron chi connectivity index (χ4n) is 1.01. The molecule has 0 saturated carbocycles. The molecule has 1 unspecified atom stereocenters. The molecule has 0 aliphatic heterocycles. The summed E-state index contributed by atoms with van der Waals surface area (Å²) in [6.45, 7) is 1.88. The molecular weight excluding hydrogens is 152 g/mol. The molecule has 0 aliphatic carbocycles. The van der Waals surface area contributed by atoms with E-state index in [0.29, 0.717) is 0 Å². The van der Waals surface area contributed by atoms with Gasteiger partial charge in [0.15, 0.2) is 0 Å². The van der Waals surface area contributed by atoms with Crippen molar-refractivity contribution in [2.45, 2.75) is 13.1 Å². The molecule has 1 aromatic carbocycles. The Hall–Kier alpha value is -1.22. The van der Waals surface area contributed by atoms with Gasteiger partial charge in [0.25, 0.3) is 0 Å². The smallest absolute Gasteiger partial charge is 0.141 e. The molecule has 1 atom stereocenters. The summed E-state index contributed by atoms with van der Waals surface area (Å²) in [5, 5.41) is 3.08. The van der Waals surface area contributed by atoms with Crippen LogP contribution in [0.5, 0.6) is 5.75 Å². The molecule has 1 aromatic rings. The Kier molecular flexibility index (Phi) is 2.94. The summed E-state index contributed by atoms with van der Waals surface area (Å²) in [5.41, 5.74) is 6.51. The Morgan fingerprint density at radius 3 is 2.67 bits per heavy atom. The zero-order valence-corrected chi connectivity index (χ0v) is 7.37. The lowest BCUT2D eigenvalue weighted by Gasteiger charge is -2.12. The van der Waals surface area contributed by atoms with Crippen LogP contribution in [0.25, 0.3) is 0 Å². The van der Waals surface area contributed by atoms with Crippen molar-refractivity contribution in [3.63, 3.8) is 0 Å². The van der Waals surface area contributed by atoms with Crippen molar-refractivity contribution in [3.8, 4) is 5.75 Å². The van der Waals surface area contributed by atoms with Crippen molar-refractivity contribution in [1.82, 2.24) is 0 Å². The minimum absolute atomic E-state index is 0.0682. The second kappa shape index (κ2) is 3.97. The number of benzene rings is 1. The third-order valence-electron chi connectivity index (χ3n) is 1.49. The highest BCUT2D eigenvalue weighted by molar-refractivity contribution is 5.56. The van der Waals surface area contributed by atoms with Gasteiger partial charge in [-0.3, -0.25) is 0 Å². The highest BCUT2D eigenvalue weighted by Crippen LogP contribution is 2.22. The molecule has 3 heteroatoms. The number of methoxy groups -OCH3 is 1. The van der Waals surface area contributed by atoms with E-state index in [9.17, 15) is 0 Å². The number of ether oxygens (including phenoxy) is 1. The molecule has 1 rings (SSSR count). The average molecular weight is 166 g/mol. The van der Waals surface area contributed by atoms with Crippen LogP contribution in [0, 0.1) is 0 Å². The van der Waals surface area contributed by atoms with Crippen LogP contribution in [-0.2, 0) is 0 Å². The molecule has 0 aromatic heterocycles. The highest BCUT2D eigenvalue weighted by atomic mass is 16.5. The summed E-state index contributed by atoms with van der Waals surface area (Å²) < 4.78 is 5.13. The van der Waals surface area contributed by atoms with E-state index in [-0.39, 0.29) is 6.17 Å². The number of anilines is 1. The first-order chi connectivity index (χ1) is 5.74. The second-order valence-electron chi connectivity index (χ2n) is 2.63. The number of para-hydroxylation sites is 2. The average Bonchev–Trinajstić information content (AvgIpc) is 2.04. The normalized spacial score (nSPS) is 12.2.